The topological polar surface area (TPSA) is 61.4 Å². The molecule has 21 heavy (non-hydrogen) atoms. The first kappa shape index (κ1) is 13.5. The van der Waals surface area contributed by atoms with Crippen LogP contribution in [0, 0.1) is 6.92 Å². The van der Waals surface area contributed by atoms with E-state index in [0.717, 1.165) is 30.6 Å². The first-order chi connectivity index (χ1) is 10.1. The summed E-state index contributed by atoms with van der Waals surface area (Å²) in [6.45, 7) is 2.78. The molecule has 0 atom stereocenters. The number of hydrogen-bond donors (Lipinski definition) is 3. The Morgan fingerprint density at radius 1 is 1.29 bits per heavy atom. The van der Waals surface area contributed by atoms with Gasteiger partial charge in [0.05, 0.1) is 5.69 Å². The second-order valence-corrected chi connectivity index (χ2v) is 5.33. The number of aryl methyl sites for hydroxylation is 2. The van der Waals surface area contributed by atoms with Crippen LogP contribution in [0.4, 0.5) is 11.4 Å². The lowest BCUT2D eigenvalue weighted by Gasteiger charge is -2.18. The van der Waals surface area contributed by atoms with E-state index < -0.39 is 0 Å². The molecule has 1 aliphatic heterocycles. The molecular weight excluding hydrogens is 264 g/mol. The third kappa shape index (κ3) is 2.70. The molecule has 4 heteroatoms. The number of amides is 1. The molecule has 2 aromatic carbocycles. The van der Waals surface area contributed by atoms with Gasteiger partial charge in [-0.05, 0) is 55.2 Å². The van der Waals surface area contributed by atoms with Gasteiger partial charge < -0.3 is 15.7 Å². The second kappa shape index (κ2) is 5.48. The summed E-state index contributed by atoms with van der Waals surface area (Å²) in [5.74, 6) is -0.0882. The van der Waals surface area contributed by atoms with Gasteiger partial charge in [-0.2, -0.15) is 0 Å². The zero-order valence-corrected chi connectivity index (χ0v) is 11.9. The zero-order valence-electron chi connectivity index (χ0n) is 11.9. The number of phenolic OH excluding ortho intramolecular Hbond substituents is 1. The first-order valence-corrected chi connectivity index (χ1v) is 7.12. The van der Waals surface area contributed by atoms with Crippen molar-refractivity contribution in [1.82, 2.24) is 0 Å². The van der Waals surface area contributed by atoms with Gasteiger partial charge in [0.25, 0.3) is 5.91 Å². The van der Waals surface area contributed by atoms with Crippen molar-refractivity contribution in [3.8, 4) is 5.75 Å². The van der Waals surface area contributed by atoms with Crippen LogP contribution in [0.3, 0.4) is 0 Å². The molecule has 0 aliphatic carbocycles. The number of carbonyl (C=O) groups excluding carboxylic acids is 1. The van der Waals surface area contributed by atoms with Crippen LogP contribution in [0.1, 0.15) is 27.9 Å². The highest BCUT2D eigenvalue weighted by atomic mass is 16.3. The Morgan fingerprint density at radius 2 is 2.14 bits per heavy atom. The minimum Gasteiger partial charge on any atom is -0.505 e. The standard InChI is InChI=1S/C17H18N2O2/c1-11-4-2-6-15(16(11)20)19-17(21)13-7-8-14-12(10-13)5-3-9-18-14/h2,4,6-8,10,18,20H,3,5,9H2,1H3,(H,19,21). The van der Waals surface area contributed by atoms with E-state index in [1.807, 2.05) is 12.1 Å². The first-order valence-electron chi connectivity index (χ1n) is 7.12. The van der Waals surface area contributed by atoms with Crippen LogP contribution < -0.4 is 10.6 Å². The molecule has 0 spiro atoms. The lowest BCUT2D eigenvalue weighted by molar-refractivity contribution is 0.102. The van der Waals surface area contributed by atoms with Gasteiger partial charge >= 0.3 is 0 Å². The highest BCUT2D eigenvalue weighted by Crippen LogP contribution is 2.28. The number of hydrogen-bond acceptors (Lipinski definition) is 3. The number of benzene rings is 2. The molecule has 108 valence electrons. The van der Waals surface area contributed by atoms with Gasteiger partial charge in [0.1, 0.15) is 5.75 Å². The van der Waals surface area contributed by atoms with Gasteiger partial charge in [-0.3, -0.25) is 4.79 Å². The van der Waals surface area contributed by atoms with Crippen molar-refractivity contribution >= 4 is 17.3 Å². The number of nitrogens with one attached hydrogen (secondary N) is 2. The number of carbonyl (C=O) groups is 1. The third-order valence-electron chi connectivity index (χ3n) is 3.79. The molecule has 3 N–H and O–H groups in total. The molecule has 0 saturated carbocycles. The molecule has 0 radical (unpaired) electrons. The highest BCUT2D eigenvalue weighted by Gasteiger charge is 2.14. The van der Waals surface area contributed by atoms with Crippen molar-refractivity contribution in [2.24, 2.45) is 0 Å². The van der Waals surface area contributed by atoms with Crippen LogP contribution in [0.15, 0.2) is 36.4 Å². The molecule has 0 saturated heterocycles. The summed E-state index contributed by atoms with van der Waals surface area (Å²) in [4.78, 5) is 12.3. The fraction of sp³-hybridized carbons (Fsp3) is 0.235. The Kier molecular flexibility index (Phi) is 3.52. The predicted molar refractivity (Wildman–Crippen MR) is 84.0 cm³/mol. The average molecular weight is 282 g/mol. The zero-order chi connectivity index (χ0) is 14.8. The third-order valence-corrected chi connectivity index (χ3v) is 3.79. The van der Waals surface area contributed by atoms with Crippen molar-refractivity contribution in [3.05, 3.63) is 53.1 Å². The van der Waals surface area contributed by atoms with Crippen LogP contribution in [-0.4, -0.2) is 17.6 Å². The Balaban J connectivity index is 1.84. The summed E-state index contributed by atoms with van der Waals surface area (Å²) >= 11 is 0. The number of rotatable bonds is 2. The number of fused-ring (bicyclic) bond motifs is 1. The van der Waals surface area contributed by atoms with Gasteiger partial charge in [-0.15, -0.1) is 0 Å². The monoisotopic (exact) mass is 282 g/mol. The minimum atomic E-state index is -0.204. The van der Waals surface area contributed by atoms with E-state index in [9.17, 15) is 9.90 Å². The number of para-hydroxylation sites is 1. The molecular formula is C17H18N2O2. The van der Waals surface area contributed by atoms with Gasteiger partial charge in [0.15, 0.2) is 0 Å². The van der Waals surface area contributed by atoms with E-state index in [4.69, 9.17) is 0 Å². The van der Waals surface area contributed by atoms with E-state index >= 15 is 0 Å². The molecule has 1 aliphatic rings. The van der Waals surface area contributed by atoms with E-state index in [1.165, 1.54) is 5.56 Å². The number of phenols is 1. The van der Waals surface area contributed by atoms with Gasteiger partial charge in [-0.1, -0.05) is 12.1 Å². The summed E-state index contributed by atoms with van der Waals surface area (Å²) in [6, 6.07) is 11.0. The quantitative estimate of drug-likeness (QED) is 0.741. The van der Waals surface area contributed by atoms with E-state index in [1.54, 1.807) is 31.2 Å². The molecule has 1 amide bonds. The molecule has 0 aromatic heterocycles. The van der Waals surface area contributed by atoms with Gasteiger partial charge in [-0.25, -0.2) is 0 Å². The van der Waals surface area contributed by atoms with Crippen molar-refractivity contribution in [2.75, 3.05) is 17.2 Å². The highest BCUT2D eigenvalue weighted by molar-refractivity contribution is 6.05. The molecule has 0 bridgehead atoms. The van der Waals surface area contributed by atoms with Crippen molar-refractivity contribution in [1.29, 1.82) is 0 Å². The lowest BCUT2D eigenvalue weighted by atomic mass is 10.0. The van der Waals surface area contributed by atoms with E-state index in [2.05, 4.69) is 10.6 Å². The van der Waals surface area contributed by atoms with Crippen LogP contribution >= 0.6 is 0 Å². The molecule has 0 unspecified atom stereocenters. The normalized spacial score (nSPS) is 13.2. The fourth-order valence-corrected chi connectivity index (χ4v) is 2.57. The Hall–Kier alpha value is -2.49. The average Bonchev–Trinajstić information content (AvgIpc) is 2.51. The van der Waals surface area contributed by atoms with Crippen molar-refractivity contribution in [3.63, 3.8) is 0 Å². The summed E-state index contributed by atoms with van der Waals surface area (Å²) in [5.41, 5.74) is 4.07. The molecule has 1 heterocycles. The van der Waals surface area contributed by atoms with E-state index in [-0.39, 0.29) is 11.7 Å². The summed E-state index contributed by atoms with van der Waals surface area (Å²) in [7, 11) is 0. The molecule has 2 aromatic rings. The van der Waals surface area contributed by atoms with Crippen LogP contribution in [0.25, 0.3) is 0 Å². The SMILES string of the molecule is Cc1cccc(NC(=O)c2ccc3c(c2)CCCN3)c1O. The maximum absolute atomic E-state index is 12.3. The fourth-order valence-electron chi connectivity index (χ4n) is 2.57. The maximum atomic E-state index is 12.3. The maximum Gasteiger partial charge on any atom is 0.255 e. The van der Waals surface area contributed by atoms with Crippen molar-refractivity contribution in [2.45, 2.75) is 19.8 Å². The van der Waals surface area contributed by atoms with Crippen LogP contribution in [0.2, 0.25) is 0 Å². The summed E-state index contributed by atoms with van der Waals surface area (Å²) < 4.78 is 0. The van der Waals surface area contributed by atoms with Gasteiger partial charge in [0, 0.05) is 17.8 Å². The second-order valence-electron chi connectivity index (χ2n) is 5.33. The minimum absolute atomic E-state index is 0.116. The van der Waals surface area contributed by atoms with Crippen LogP contribution in [-0.2, 0) is 6.42 Å². The molecule has 3 rings (SSSR count). The Morgan fingerprint density at radius 3 is 3.00 bits per heavy atom. The molecule has 0 fully saturated rings. The predicted octanol–water partition coefficient (Wildman–Crippen LogP) is 3.31. The Labute approximate surface area is 123 Å². The smallest absolute Gasteiger partial charge is 0.255 e. The number of aromatic hydroxyl groups is 1. The molecule has 4 nitrogen and oxygen atoms in total. The summed E-state index contributed by atoms with van der Waals surface area (Å²) in [6.07, 6.45) is 2.07. The van der Waals surface area contributed by atoms with Crippen LogP contribution in [0.5, 0.6) is 5.75 Å². The largest absolute Gasteiger partial charge is 0.505 e. The lowest BCUT2D eigenvalue weighted by Crippen LogP contribution is -2.15. The Bertz CT molecular complexity index is 695. The van der Waals surface area contributed by atoms with Crippen molar-refractivity contribution < 1.29 is 9.90 Å². The number of anilines is 2. The van der Waals surface area contributed by atoms with Gasteiger partial charge in [0.2, 0.25) is 0 Å². The van der Waals surface area contributed by atoms with E-state index in [0.29, 0.717) is 11.3 Å². The summed E-state index contributed by atoms with van der Waals surface area (Å²) in [5, 5.41) is 16.0.